The number of isocyanates is 1. The van der Waals surface area contributed by atoms with Crippen molar-refractivity contribution in [2.24, 2.45) is 4.99 Å². The number of hydrogen-bond acceptors (Lipinski definition) is 3. The molecule has 0 bridgehead atoms. The third kappa shape index (κ3) is 2.76. The van der Waals surface area contributed by atoms with Gasteiger partial charge in [0.15, 0.2) is 0 Å². The van der Waals surface area contributed by atoms with Crippen LogP contribution in [0, 0.1) is 11.3 Å². The highest BCUT2D eigenvalue weighted by molar-refractivity contribution is 5.82. The first kappa shape index (κ1) is 6.54. The van der Waals surface area contributed by atoms with Crippen molar-refractivity contribution in [2.45, 2.75) is 6.42 Å². The Bertz CT molecular complexity index is 173. The molecule has 0 atom stereocenters. The Labute approximate surface area is 45.4 Å². The highest BCUT2D eigenvalue weighted by Crippen LogP contribution is 1.77. The molecule has 4 heteroatoms. The molecule has 0 aliphatic carbocycles. The Kier molecular flexibility index (Phi) is 3.04. The lowest BCUT2D eigenvalue weighted by molar-refractivity contribution is -0.116. The SMILES string of the molecule is N#CCC(=O)N=C=O. The summed E-state index contributed by atoms with van der Waals surface area (Å²) in [7, 11) is 0. The smallest absolute Gasteiger partial charge is 0.270 e. The predicted molar refractivity (Wildman–Crippen MR) is 23.4 cm³/mol. The minimum Gasteiger partial charge on any atom is -0.271 e. The number of carbonyl (C=O) groups is 1. The highest BCUT2D eigenvalue weighted by atomic mass is 16.2. The van der Waals surface area contributed by atoms with E-state index in [1.807, 2.05) is 0 Å². The van der Waals surface area contributed by atoms with Gasteiger partial charge in [0.2, 0.25) is 6.08 Å². The van der Waals surface area contributed by atoms with Gasteiger partial charge in [-0.1, -0.05) is 0 Å². The summed E-state index contributed by atoms with van der Waals surface area (Å²) in [5.41, 5.74) is 0. The second-order valence-electron chi connectivity index (χ2n) is 0.932. The van der Waals surface area contributed by atoms with E-state index < -0.39 is 5.91 Å². The molecule has 0 aliphatic heterocycles. The van der Waals surface area contributed by atoms with Gasteiger partial charge >= 0.3 is 0 Å². The molecule has 0 radical (unpaired) electrons. The topological polar surface area (TPSA) is 70.3 Å². The minimum atomic E-state index is -0.748. The van der Waals surface area contributed by atoms with Crippen molar-refractivity contribution >= 4 is 12.0 Å². The maximum absolute atomic E-state index is 9.99. The maximum Gasteiger partial charge on any atom is 0.270 e. The lowest BCUT2D eigenvalue weighted by atomic mass is 10.5. The zero-order valence-corrected chi connectivity index (χ0v) is 3.92. The maximum atomic E-state index is 9.99. The van der Waals surface area contributed by atoms with Crippen LogP contribution in [-0.2, 0) is 9.59 Å². The van der Waals surface area contributed by atoms with Crippen LogP contribution in [0.25, 0.3) is 0 Å². The number of hydrogen-bond donors (Lipinski definition) is 0. The van der Waals surface area contributed by atoms with Gasteiger partial charge in [-0.15, -0.1) is 4.99 Å². The normalized spacial score (nSPS) is 6.38. The quantitative estimate of drug-likeness (QED) is 0.345. The van der Waals surface area contributed by atoms with Crippen molar-refractivity contribution < 1.29 is 9.59 Å². The van der Waals surface area contributed by atoms with Crippen LogP contribution in [0.3, 0.4) is 0 Å². The van der Waals surface area contributed by atoms with Crippen molar-refractivity contribution in [2.75, 3.05) is 0 Å². The van der Waals surface area contributed by atoms with Crippen molar-refractivity contribution in [3.05, 3.63) is 0 Å². The molecule has 0 aromatic carbocycles. The number of nitriles is 1. The van der Waals surface area contributed by atoms with Crippen LogP contribution in [0.15, 0.2) is 4.99 Å². The fourth-order valence-electron chi connectivity index (χ4n) is 0.158. The molecule has 0 saturated heterocycles. The molecule has 0 heterocycles. The Morgan fingerprint density at radius 1 is 1.75 bits per heavy atom. The van der Waals surface area contributed by atoms with E-state index in [1.165, 1.54) is 6.07 Å². The standard InChI is InChI=1S/C4H2N2O2/c5-2-1-4(8)6-3-7/h1H2. The first-order chi connectivity index (χ1) is 3.81. The number of carbonyl (C=O) groups excluding carboxylic acids is 2. The van der Waals surface area contributed by atoms with Gasteiger partial charge in [0.25, 0.3) is 5.91 Å². The summed E-state index contributed by atoms with van der Waals surface area (Å²) in [6, 6.07) is 1.53. The minimum absolute atomic E-state index is 0.352. The molecule has 0 saturated carbocycles. The number of nitrogens with zero attached hydrogens (tertiary/aromatic N) is 2. The molecule has 4 nitrogen and oxygen atoms in total. The van der Waals surface area contributed by atoms with Gasteiger partial charge in [0.1, 0.15) is 6.42 Å². The number of amides is 1. The average Bonchev–Trinajstić information content (AvgIpc) is 1.68. The lowest BCUT2D eigenvalue weighted by Crippen LogP contribution is -1.87. The summed E-state index contributed by atoms with van der Waals surface area (Å²) < 4.78 is 0. The Hall–Kier alpha value is -1.46. The van der Waals surface area contributed by atoms with E-state index in [0.717, 1.165) is 6.08 Å². The predicted octanol–water partition coefficient (Wildman–Crippen LogP) is -0.238. The molecule has 0 aromatic rings. The van der Waals surface area contributed by atoms with Crippen LogP contribution in [0.4, 0.5) is 0 Å². The summed E-state index contributed by atoms with van der Waals surface area (Å²) >= 11 is 0. The average molecular weight is 110 g/mol. The molecule has 0 aliphatic rings. The van der Waals surface area contributed by atoms with Crippen LogP contribution in [-0.4, -0.2) is 12.0 Å². The Morgan fingerprint density at radius 3 is 2.75 bits per heavy atom. The molecular formula is C4H2N2O2. The van der Waals surface area contributed by atoms with E-state index in [9.17, 15) is 9.59 Å². The third-order valence-electron chi connectivity index (χ3n) is 0.401. The van der Waals surface area contributed by atoms with Gasteiger partial charge < -0.3 is 0 Å². The van der Waals surface area contributed by atoms with Crippen molar-refractivity contribution in [1.82, 2.24) is 0 Å². The molecule has 0 fully saturated rings. The van der Waals surface area contributed by atoms with Crippen molar-refractivity contribution in [1.29, 1.82) is 5.26 Å². The molecule has 8 heavy (non-hydrogen) atoms. The summed E-state index contributed by atoms with van der Waals surface area (Å²) in [5, 5.41) is 7.80. The van der Waals surface area contributed by atoms with E-state index >= 15 is 0 Å². The number of rotatable bonds is 1. The zero-order chi connectivity index (χ0) is 6.41. The van der Waals surface area contributed by atoms with E-state index in [-0.39, 0.29) is 6.42 Å². The molecule has 0 N–H and O–H groups in total. The van der Waals surface area contributed by atoms with Gasteiger partial charge in [-0.05, 0) is 0 Å². The first-order valence-electron chi connectivity index (χ1n) is 1.79. The van der Waals surface area contributed by atoms with Crippen LogP contribution >= 0.6 is 0 Å². The second-order valence-corrected chi connectivity index (χ2v) is 0.932. The van der Waals surface area contributed by atoms with E-state index in [2.05, 4.69) is 4.99 Å². The fourth-order valence-corrected chi connectivity index (χ4v) is 0.158. The van der Waals surface area contributed by atoms with Gasteiger partial charge in [0.05, 0.1) is 6.07 Å². The zero-order valence-electron chi connectivity index (χ0n) is 3.92. The lowest BCUT2D eigenvalue weighted by Gasteiger charge is -1.71. The Morgan fingerprint density at radius 2 is 2.38 bits per heavy atom. The Balaban J connectivity index is 3.70. The van der Waals surface area contributed by atoms with Gasteiger partial charge in [-0.25, -0.2) is 4.79 Å². The second kappa shape index (κ2) is 3.72. The fraction of sp³-hybridized carbons (Fsp3) is 0.250. The van der Waals surface area contributed by atoms with Crippen molar-refractivity contribution in [3.8, 4) is 6.07 Å². The molecule has 40 valence electrons. The van der Waals surface area contributed by atoms with E-state index in [4.69, 9.17) is 5.26 Å². The van der Waals surface area contributed by atoms with Gasteiger partial charge in [-0.3, -0.25) is 4.79 Å². The van der Waals surface area contributed by atoms with Crippen LogP contribution < -0.4 is 0 Å². The summed E-state index contributed by atoms with van der Waals surface area (Å²) in [6.07, 6.45) is 0.675. The van der Waals surface area contributed by atoms with E-state index in [1.54, 1.807) is 0 Å². The first-order valence-corrected chi connectivity index (χ1v) is 1.79. The van der Waals surface area contributed by atoms with E-state index in [0.29, 0.717) is 0 Å². The molecule has 1 amide bonds. The van der Waals surface area contributed by atoms with Crippen LogP contribution in [0.1, 0.15) is 6.42 Å². The summed E-state index contributed by atoms with van der Waals surface area (Å²) in [4.78, 5) is 21.9. The van der Waals surface area contributed by atoms with Crippen LogP contribution in [0.2, 0.25) is 0 Å². The van der Waals surface area contributed by atoms with Gasteiger partial charge in [0, 0.05) is 0 Å². The molecule has 0 rings (SSSR count). The number of aliphatic imine (C=N–C) groups is 1. The monoisotopic (exact) mass is 110 g/mol. The van der Waals surface area contributed by atoms with Crippen LogP contribution in [0.5, 0.6) is 0 Å². The third-order valence-corrected chi connectivity index (χ3v) is 0.401. The summed E-state index contributed by atoms with van der Waals surface area (Å²) in [6.45, 7) is 0. The highest BCUT2D eigenvalue weighted by Gasteiger charge is 1.92. The molecule has 0 unspecified atom stereocenters. The molecular weight excluding hydrogens is 108 g/mol. The summed E-state index contributed by atoms with van der Waals surface area (Å²) in [5.74, 6) is -0.748. The van der Waals surface area contributed by atoms with Crippen molar-refractivity contribution in [3.63, 3.8) is 0 Å². The molecule has 0 aromatic heterocycles. The van der Waals surface area contributed by atoms with Gasteiger partial charge in [-0.2, -0.15) is 5.26 Å². The molecule has 0 spiro atoms. The largest absolute Gasteiger partial charge is 0.271 e.